The summed E-state index contributed by atoms with van der Waals surface area (Å²) in [5, 5.41) is 18.2. The number of hydrogen-bond donors (Lipinski definition) is 1. The van der Waals surface area contributed by atoms with Crippen LogP contribution in [0, 0.1) is 11.7 Å². The van der Waals surface area contributed by atoms with Crippen molar-refractivity contribution in [2.24, 2.45) is 10.9 Å². The summed E-state index contributed by atoms with van der Waals surface area (Å²) in [7, 11) is 0. The summed E-state index contributed by atoms with van der Waals surface area (Å²) in [6.07, 6.45) is 4.12. The van der Waals surface area contributed by atoms with Gasteiger partial charge in [0.25, 0.3) is 5.89 Å². The maximum Gasteiger partial charge on any atom is 0.270 e. The van der Waals surface area contributed by atoms with Crippen molar-refractivity contribution in [2.75, 3.05) is 0 Å². The smallest absolute Gasteiger partial charge is 0.270 e. The number of rotatable bonds is 8. The molecule has 1 N–H and O–H groups in total. The average molecular weight is 375 g/mol. The number of halogens is 1. The molecule has 1 unspecified atom stereocenters. The molecular formula is C19H22FN3O2S. The van der Waals surface area contributed by atoms with E-state index in [1.807, 2.05) is 6.92 Å². The van der Waals surface area contributed by atoms with Crippen LogP contribution in [0.25, 0.3) is 5.70 Å². The molecule has 1 heterocycles. The van der Waals surface area contributed by atoms with Crippen LogP contribution in [0.15, 0.2) is 39.4 Å². The third-order valence-electron chi connectivity index (χ3n) is 3.70. The van der Waals surface area contributed by atoms with E-state index in [0.29, 0.717) is 17.2 Å². The van der Waals surface area contributed by atoms with E-state index in [2.05, 4.69) is 22.1 Å². The minimum absolute atomic E-state index is 0.101. The van der Waals surface area contributed by atoms with Gasteiger partial charge in [-0.25, -0.2) is 4.39 Å². The van der Waals surface area contributed by atoms with Gasteiger partial charge in [-0.15, -0.1) is 10.2 Å². The van der Waals surface area contributed by atoms with Crippen LogP contribution in [0.3, 0.4) is 0 Å². The highest BCUT2D eigenvalue weighted by atomic mass is 32.1. The minimum atomic E-state index is -0.304. The first-order chi connectivity index (χ1) is 12.4. The summed E-state index contributed by atoms with van der Waals surface area (Å²) in [5.74, 6) is 0.230. The van der Waals surface area contributed by atoms with Crippen molar-refractivity contribution >= 4 is 29.0 Å². The molecule has 138 valence electrons. The molecule has 5 nitrogen and oxygen atoms in total. The minimum Gasteiger partial charge on any atom is -0.504 e. The number of aliphatic hydroxyl groups is 1. The molecule has 2 aromatic rings. The van der Waals surface area contributed by atoms with Gasteiger partial charge in [-0.3, -0.25) is 4.99 Å². The second kappa shape index (κ2) is 9.33. The van der Waals surface area contributed by atoms with Crippen LogP contribution >= 0.6 is 12.2 Å². The zero-order valence-corrected chi connectivity index (χ0v) is 15.9. The molecule has 0 aliphatic rings. The predicted molar refractivity (Wildman–Crippen MR) is 104 cm³/mol. The Morgan fingerprint density at radius 1 is 1.35 bits per heavy atom. The fourth-order valence-corrected chi connectivity index (χ4v) is 2.41. The SMILES string of the molecule is CCCC(C)C=N/C(=C(/O)C(C)=S)c1nnc(Cc2ccc(F)cc2)o1. The van der Waals surface area contributed by atoms with Crippen LogP contribution in [-0.4, -0.2) is 26.4 Å². The molecular weight excluding hydrogens is 353 g/mol. The van der Waals surface area contributed by atoms with Crippen molar-refractivity contribution in [3.63, 3.8) is 0 Å². The first kappa shape index (κ1) is 19.9. The molecule has 0 radical (unpaired) electrons. The van der Waals surface area contributed by atoms with Crippen molar-refractivity contribution in [3.05, 3.63) is 53.2 Å². The monoisotopic (exact) mass is 375 g/mol. The van der Waals surface area contributed by atoms with E-state index < -0.39 is 0 Å². The highest BCUT2D eigenvalue weighted by Gasteiger charge is 2.17. The Hall–Kier alpha value is -2.41. The molecule has 0 spiro atoms. The van der Waals surface area contributed by atoms with Crippen LogP contribution < -0.4 is 0 Å². The summed E-state index contributed by atoms with van der Waals surface area (Å²) in [4.78, 5) is 4.63. The second-order valence-electron chi connectivity index (χ2n) is 6.10. The van der Waals surface area contributed by atoms with Crippen molar-refractivity contribution in [1.82, 2.24) is 10.2 Å². The quantitative estimate of drug-likeness (QED) is 0.307. The lowest BCUT2D eigenvalue weighted by Gasteiger charge is -2.04. The van der Waals surface area contributed by atoms with Crippen molar-refractivity contribution in [2.45, 2.75) is 40.0 Å². The van der Waals surface area contributed by atoms with Gasteiger partial charge >= 0.3 is 0 Å². The number of aliphatic hydroxyl groups excluding tert-OH is 1. The summed E-state index contributed by atoms with van der Waals surface area (Å²) >= 11 is 5.04. The third-order valence-corrected chi connectivity index (χ3v) is 3.89. The van der Waals surface area contributed by atoms with E-state index in [1.54, 1.807) is 25.3 Å². The molecule has 0 saturated heterocycles. The van der Waals surface area contributed by atoms with E-state index in [9.17, 15) is 9.50 Å². The molecule has 0 fully saturated rings. The molecule has 1 aromatic carbocycles. The molecule has 7 heteroatoms. The molecule has 1 atom stereocenters. The largest absolute Gasteiger partial charge is 0.504 e. The second-order valence-corrected chi connectivity index (χ2v) is 6.71. The zero-order valence-electron chi connectivity index (χ0n) is 15.1. The number of allylic oxidation sites excluding steroid dienone is 1. The molecule has 0 amide bonds. The van der Waals surface area contributed by atoms with Gasteiger partial charge in [-0.1, -0.05) is 44.6 Å². The topological polar surface area (TPSA) is 71.5 Å². The normalized spacial score (nSPS) is 13.7. The van der Waals surface area contributed by atoms with Gasteiger partial charge in [-0.05, 0) is 37.0 Å². The van der Waals surface area contributed by atoms with Crippen molar-refractivity contribution < 1.29 is 13.9 Å². The summed E-state index contributed by atoms with van der Waals surface area (Å²) in [5.41, 5.74) is 1.00. The lowest BCUT2D eigenvalue weighted by Crippen LogP contribution is -2.00. The first-order valence-corrected chi connectivity index (χ1v) is 8.87. The van der Waals surface area contributed by atoms with Gasteiger partial charge in [-0.2, -0.15) is 0 Å². The number of hydrogen-bond acceptors (Lipinski definition) is 6. The van der Waals surface area contributed by atoms with E-state index >= 15 is 0 Å². The maximum atomic E-state index is 13.0. The van der Waals surface area contributed by atoms with Crippen LogP contribution in [0.4, 0.5) is 4.39 Å². The summed E-state index contributed by atoms with van der Waals surface area (Å²) < 4.78 is 18.6. The Kier molecular flexibility index (Phi) is 7.15. The lowest BCUT2D eigenvalue weighted by molar-refractivity contribution is 0.439. The Morgan fingerprint density at radius 2 is 2.04 bits per heavy atom. The predicted octanol–water partition coefficient (Wildman–Crippen LogP) is 4.92. The van der Waals surface area contributed by atoms with Gasteiger partial charge in [0.05, 0.1) is 11.3 Å². The van der Waals surface area contributed by atoms with Crippen LogP contribution in [0.1, 0.15) is 51.0 Å². The van der Waals surface area contributed by atoms with E-state index in [4.69, 9.17) is 16.6 Å². The standard InChI is InChI=1S/C19H22FN3O2S/c1-4-5-12(2)11-21-17(18(24)13(3)26)19-23-22-16(25-19)10-14-6-8-15(20)9-7-14/h6-9,11-12,24H,4-5,10H2,1-3H3/b18-17+,21-11?. The van der Waals surface area contributed by atoms with E-state index in [-0.39, 0.29) is 29.1 Å². The lowest BCUT2D eigenvalue weighted by atomic mass is 10.1. The Bertz CT molecular complexity index is 812. The molecule has 26 heavy (non-hydrogen) atoms. The number of aromatic nitrogens is 2. The molecule has 2 rings (SSSR count). The van der Waals surface area contributed by atoms with Crippen LogP contribution in [0.5, 0.6) is 0 Å². The van der Waals surface area contributed by atoms with Gasteiger partial charge in [0.2, 0.25) is 5.89 Å². The third kappa shape index (κ3) is 5.56. The average Bonchev–Trinajstić information content (AvgIpc) is 3.05. The first-order valence-electron chi connectivity index (χ1n) is 8.46. The summed E-state index contributed by atoms with van der Waals surface area (Å²) in [6, 6.07) is 6.05. The fourth-order valence-electron chi connectivity index (χ4n) is 2.31. The fraction of sp³-hybridized carbons (Fsp3) is 0.368. The van der Waals surface area contributed by atoms with E-state index in [1.165, 1.54) is 12.1 Å². The Labute approximate surface area is 157 Å². The van der Waals surface area contributed by atoms with Crippen molar-refractivity contribution in [3.8, 4) is 0 Å². The highest BCUT2D eigenvalue weighted by molar-refractivity contribution is 7.80. The number of benzene rings is 1. The maximum absolute atomic E-state index is 13.0. The molecule has 1 aromatic heterocycles. The Balaban J connectivity index is 2.26. The molecule has 0 aliphatic carbocycles. The van der Waals surface area contributed by atoms with Crippen LogP contribution in [-0.2, 0) is 6.42 Å². The molecule has 0 bridgehead atoms. The van der Waals surface area contributed by atoms with E-state index in [0.717, 1.165) is 18.4 Å². The van der Waals surface area contributed by atoms with Gasteiger partial charge in [0, 0.05) is 6.21 Å². The van der Waals surface area contributed by atoms with Gasteiger partial charge in [0.1, 0.15) is 5.82 Å². The summed E-state index contributed by atoms with van der Waals surface area (Å²) in [6.45, 7) is 5.74. The van der Waals surface area contributed by atoms with Gasteiger partial charge in [0.15, 0.2) is 11.5 Å². The Morgan fingerprint density at radius 3 is 2.65 bits per heavy atom. The number of thiocarbonyl (C=S) groups is 1. The van der Waals surface area contributed by atoms with Crippen LogP contribution in [0.2, 0.25) is 0 Å². The number of aliphatic imine (C=N–C) groups is 1. The molecule has 0 aliphatic heterocycles. The highest BCUT2D eigenvalue weighted by Crippen LogP contribution is 2.21. The van der Waals surface area contributed by atoms with Crippen molar-refractivity contribution in [1.29, 1.82) is 0 Å². The van der Waals surface area contributed by atoms with Gasteiger partial charge < -0.3 is 9.52 Å². The molecule has 0 saturated carbocycles. The zero-order chi connectivity index (χ0) is 19.1. The number of nitrogens with zero attached hydrogens (tertiary/aromatic N) is 3.